The minimum atomic E-state index is -0.775. The monoisotopic (exact) mass is 329 g/mol. The summed E-state index contributed by atoms with van der Waals surface area (Å²) >= 11 is 11.8. The summed E-state index contributed by atoms with van der Waals surface area (Å²) < 4.78 is 18.4. The summed E-state index contributed by atoms with van der Waals surface area (Å²) in [6.07, 6.45) is -0.775. The number of anilines is 1. The summed E-state index contributed by atoms with van der Waals surface area (Å²) in [4.78, 5) is 0. The molecule has 0 heterocycles. The normalized spacial score (nSPS) is 12.0. The smallest absolute Gasteiger partial charge is 0.139 e. The molecule has 6 heteroatoms. The third-order valence-electron chi connectivity index (χ3n) is 2.69. The fraction of sp³-hybridized carbons (Fsp3) is 0.200. The largest absolute Gasteiger partial charge is 0.489 e. The van der Waals surface area contributed by atoms with Crippen molar-refractivity contribution in [2.45, 2.75) is 6.10 Å². The number of halogens is 3. The van der Waals surface area contributed by atoms with Gasteiger partial charge in [0, 0.05) is 23.3 Å². The number of nitrogens with one attached hydrogen (secondary N) is 1. The molecule has 112 valence electrons. The van der Waals surface area contributed by atoms with Crippen LogP contribution in [0.4, 0.5) is 10.1 Å². The van der Waals surface area contributed by atoms with Crippen molar-refractivity contribution in [3.63, 3.8) is 0 Å². The van der Waals surface area contributed by atoms with E-state index in [4.69, 9.17) is 27.9 Å². The SMILES string of the molecule is OC(CNc1cccc(F)c1)COc1cc(Cl)ccc1Cl. The predicted molar refractivity (Wildman–Crippen MR) is 82.9 cm³/mol. The first-order valence-electron chi connectivity index (χ1n) is 6.30. The zero-order valence-corrected chi connectivity index (χ0v) is 12.5. The van der Waals surface area contributed by atoms with Crippen LogP contribution in [0.15, 0.2) is 42.5 Å². The molecule has 1 atom stereocenters. The van der Waals surface area contributed by atoms with E-state index in [1.807, 2.05) is 0 Å². The zero-order valence-electron chi connectivity index (χ0n) is 11.0. The van der Waals surface area contributed by atoms with Gasteiger partial charge in [-0.2, -0.15) is 0 Å². The van der Waals surface area contributed by atoms with E-state index in [-0.39, 0.29) is 19.0 Å². The molecule has 0 fully saturated rings. The number of rotatable bonds is 6. The summed E-state index contributed by atoms with van der Waals surface area (Å²) in [5.74, 6) is 0.0745. The molecule has 0 radical (unpaired) electrons. The van der Waals surface area contributed by atoms with E-state index in [2.05, 4.69) is 5.32 Å². The molecule has 2 rings (SSSR count). The van der Waals surface area contributed by atoms with Crippen LogP contribution in [0, 0.1) is 5.82 Å². The highest BCUT2D eigenvalue weighted by atomic mass is 35.5. The minimum Gasteiger partial charge on any atom is -0.489 e. The molecular weight excluding hydrogens is 316 g/mol. The number of aliphatic hydroxyl groups excluding tert-OH is 1. The van der Waals surface area contributed by atoms with Crippen LogP contribution in [0.2, 0.25) is 10.0 Å². The van der Waals surface area contributed by atoms with Crippen molar-refractivity contribution in [1.29, 1.82) is 0 Å². The lowest BCUT2D eigenvalue weighted by atomic mass is 10.3. The van der Waals surface area contributed by atoms with Gasteiger partial charge in [-0.1, -0.05) is 29.3 Å². The van der Waals surface area contributed by atoms with E-state index in [1.165, 1.54) is 12.1 Å². The van der Waals surface area contributed by atoms with Crippen molar-refractivity contribution in [3.8, 4) is 5.75 Å². The molecule has 0 saturated heterocycles. The third kappa shape index (κ3) is 5.08. The molecule has 21 heavy (non-hydrogen) atoms. The molecule has 0 aliphatic heterocycles. The van der Waals surface area contributed by atoms with Crippen LogP contribution in [-0.4, -0.2) is 24.4 Å². The van der Waals surface area contributed by atoms with Crippen LogP contribution in [0.25, 0.3) is 0 Å². The molecule has 0 aliphatic carbocycles. The third-order valence-corrected chi connectivity index (χ3v) is 3.24. The number of hydrogen-bond acceptors (Lipinski definition) is 3. The number of ether oxygens (including phenoxy) is 1. The Labute approximate surface area is 132 Å². The molecular formula is C15H14Cl2FNO2. The average molecular weight is 330 g/mol. The highest BCUT2D eigenvalue weighted by molar-refractivity contribution is 6.34. The Hall–Kier alpha value is -1.49. The number of hydrogen-bond donors (Lipinski definition) is 2. The molecule has 0 spiro atoms. The van der Waals surface area contributed by atoms with Crippen molar-refractivity contribution in [2.24, 2.45) is 0 Å². The Bertz CT molecular complexity index is 610. The average Bonchev–Trinajstić information content (AvgIpc) is 2.46. The van der Waals surface area contributed by atoms with Crippen LogP contribution in [0.5, 0.6) is 5.75 Å². The first-order valence-corrected chi connectivity index (χ1v) is 7.05. The maximum Gasteiger partial charge on any atom is 0.139 e. The van der Waals surface area contributed by atoms with E-state index in [0.29, 0.717) is 21.5 Å². The summed E-state index contributed by atoms with van der Waals surface area (Å²) in [5, 5.41) is 13.7. The topological polar surface area (TPSA) is 41.5 Å². The molecule has 3 nitrogen and oxygen atoms in total. The Morgan fingerprint density at radius 3 is 2.76 bits per heavy atom. The molecule has 2 aromatic rings. The van der Waals surface area contributed by atoms with Gasteiger partial charge >= 0.3 is 0 Å². The van der Waals surface area contributed by atoms with Gasteiger partial charge in [0.05, 0.1) is 5.02 Å². The second kappa shape index (κ2) is 7.50. The van der Waals surface area contributed by atoms with Crippen molar-refractivity contribution < 1.29 is 14.2 Å². The van der Waals surface area contributed by atoms with Gasteiger partial charge in [-0.3, -0.25) is 0 Å². The Morgan fingerprint density at radius 2 is 2.00 bits per heavy atom. The lowest BCUT2D eigenvalue weighted by Gasteiger charge is -2.15. The highest BCUT2D eigenvalue weighted by Gasteiger charge is 2.08. The molecule has 0 amide bonds. The lowest BCUT2D eigenvalue weighted by Crippen LogP contribution is -2.26. The van der Waals surface area contributed by atoms with Gasteiger partial charge in [0.25, 0.3) is 0 Å². The Kier molecular flexibility index (Phi) is 5.67. The van der Waals surface area contributed by atoms with Crippen molar-refractivity contribution >= 4 is 28.9 Å². The second-order valence-electron chi connectivity index (χ2n) is 4.43. The Balaban J connectivity index is 1.82. The summed E-state index contributed by atoms with van der Waals surface area (Å²) in [6, 6.07) is 10.9. The van der Waals surface area contributed by atoms with Gasteiger partial charge in [-0.15, -0.1) is 0 Å². The quantitative estimate of drug-likeness (QED) is 0.842. The van der Waals surface area contributed by atoms with E-state index in [0.717, 1.165) is 0 Å². The van der Waals surface area contributed by atoms with Gasteiger partial charge < -0.3 is 15.2 Å². The highest BCUT2D eigenvalue weighted by Crippen LogP contribution is 2.27. The first-order chi connectivity index (χ1) is 10.0. The number of aliphatic hydroxyl groups is 1. The van der Waals surface area contributed by atoms with E-state index >= 15 is 0 Å². The summed E-state index contributed by atoms with van der Waals surface area (Å²) in [5.41, 5.74) is 0.592. The maximum absolute atomic E-state index is 13.0. The molecule has 0 bridgehead atoms. The van der Waals surface area contributed by atoms with Gasteiger partial charge in [0.15, 0.2) is 0 Å². The van der Waals surface area contributed by atoms with Crippen LogP contribution in [0.1, 0.15) is 0 Å². The van der Waals surface area contributed by atoms with Crippen molar-refractivity contribution in [1.82, 2.24) is 0 Å². The summed E-state index contributed by atoms with van der Waals surface area (Å²) in [7, 11) is 0. The van der Waals surface area contributed by atoms with Crippen LogP contribution >= 0.6 is 23.2 Å². The van der Waals surface area contributed by atoms with Crippen molar-refractivity contribution in [2.75, 3.05) is 18.5 Å². The Morgan fingerprint density at radius 1 is 1.19 bits per heavy atom. The molecule has 2 aromatic carbocycles. The van der Waals surface area contributed by atoms with Gasteiger partial charge in [-0.25, -0.2) is 4.39 Å². The second-order valence-corrected chi connectivity index (χ2v) is 5.27. The van der Waals surface area contributed by atoms with Crippen LogP contribution in [-0.2, 0) is 0 Å². The van der Waals surface area contributed by atoms with Crippen LogP contribution < -0.4 is 10.1 Å². The number of benzene rings is 2. The fourth-order valence-corrected chi connectivity index (χ4v) is 2.00. The lowest BCUT2D eigenvalue weighted by molar-refractivity contribution is 0.117. The van der Waals surface area contributed by atoms with E-state index < -0.39 is 6.10 Å². The maximum atomic E-state index is 13.0. The van der Waals surface area contributed by atoms with E-state index in [9.17, 15) is 9.50 Å². The van der Waals surface area contributed by atoms with Gasteiger partial charge in [0.1, 0.15) is 24.3 Å². The zero-order chi connectivity index (χ0) is 15.2. The van der Waals surface area contributed by atoms with Gasteiger partial charge in [0.2, 0.25) is 0 Å². The van der Waals surface area contributed by atoms with Crippen molar-refractivity contribution in [3.05, 3.63) is 58.3 Å². The molecule has 1 unspecified atom stereocenters. The molecule has 2 N–H and O–H groups in total. The molecule has 0 aromatic heterocycles. The minimum absolute atomic E-state index is 0.0440. The predicted octanol–water partition coefficient (Wildman–Crippen LogP) is 3.98. The summed E-state index contributed by atoms with van der Waals surface area (Å²) in [6.45, 7) is 0.268. The molecule has 0 saturated carbocycles. The van der Waals surface area contributed by atoms with Crippen LogP contribution in [0.3, 0.4) is 0 Å². The fourth-order valence-electron chi connectivity index (χ4n) is 1.67. The van der Waals surface area contributed by atoms with Gasteiger partial charge in [-0.05, 0) is 30.3 Å². The molecule has 0 aliphatic rings. The standard InChI is InChI=1S/C15H14Cl2FNO2/c16-10-4-5-14(17)15(6-10)21-9-13(20)8-19-12-3-1-2-11(18)7-12/h1-7,13,19-20H,8-9H2. The van der Waals surface area contributed by atoms with E-state index in [1.54, 1.807) is 30.3 Å². The first kappa shape index (κ1) is 15.9.